The number of rotatable bonds is 5. The van der Waals surface area contributed by atoms with E-state index in [4.69, 9.17) is 10.8 Å². The Bertz CT molecular complexity index is 225. The Kier molecular flexibility index (Phi) is 5.22. The maximum atomic E-state index is 11.1. The third-order valence-electron chi connectivity index (χ3n) is 3.55. The van der Waals surface area contributed by atoms with E-state index in [-0.39, 0.29) is 6.04 Å². The minimum atomic E-state index is -0.719. The van der Waals surface area contributed by atoms with Crippen molar-refractivity contribution in [2.75, 3.05) is 6.54 Å². The summed E-state index contributed by atoms with van der Waals surface area (Å²) in [5.74, 6) is -0.719. The number of nitrogens with zero attached hydrogens (tertiary/aromatic N) is 1. The fourth-order valence-electron chi connectivity index (χ4n) is 2.53. The van der Waals surface area contributed by atoms with Crippen LogP contribution < -0.4 is 5.73 Å². The molecule has 4 nitrogen and oxygen atoms in total. The molecule has 1 unspecified atom stereocenters. The van der Waals surface area contributed by atoms with E-state index < -0.39 is 5.97 Å². The summed E-state index contributed by atoms with van der Waals surface area (Å²) < 4.78 is 0. The molecule has 1 aliphatic carbocycles. The van der Waals surface area contributed by atoms with Crippen LogP contribution in [0.5, 0.6) is 0 Å². The van der Waals surface area contributed by atoms with Crippen LogP contribution in [-0.4, -0.2) is 40.6 Å². The number of hydrogen-bond acceptors (Lipinski definition) is 3. The van der Waals surface area contributed by atoms with Crippen LogP contribution in [0.4, 0.5) is 0 Å². The number of nitrogens with two attached hydrogens (primary N) is 1. The molecule has 1 aliphatic rings. The van der Waals surface area contributed by atoms with Gasteiger partial charge in [-0.05, 0) is 45.6 Å². The molecule has 0 amide bonds. The lowest BCUT2D eigenvalue weighted by Crippen LogP contribution is -2.48. The summed E-state index contributed by atoms with van der Waals surface area (Å²) in [6.45, 7) is 4.75. The molecule has 0 aromatic heterocycles. The molecule has 1 fully saturated rings. The van der Waals surface area contributed by atoms with E-state index in [2.05, 4.69) is 11.8 Å². The molecular formula is C12H24N2O2. The van der Waals surface area contributed by atoms with Crippen LogP contribution in [0.2, 0.25) is 0 Å². The molecule has 1 atom stereocenters. The first-order valence-corrected chi connectivity index (χ1v) is 6.30. The normalized spacial score (nSPS) is 28.0. The first-order valence-electron chi connectivity index (χ1n) is 6.30. The van der Waals surface area contributed by atoms with E-state index >= 15 is 0 Å². The lowest BCUT2D eigenvalue weighted by molar-refractivity contribution is -0.143. The molecule has 0 aliphatic heterocycles. The van der Waals surface area contributed by atoms with Gasteiger partial charge in [-0.15, -0.1) is 0 Å². The van der Waals surface area contributed by atoms with Gasteiger partial charge in [0.1, 0.15) is 6.04 Å². The fraction of sp³-hybridized carbons (Fsp3) is 0.917. The van der Waals surface area contributed by atoms with Crippen molar-refractivity contribution < 1.29 is 9.90 Å². The van der Waals surface area contributed by atoms with Crippen molar-refractivity contribution in [1.29, 1.82) is 0 Å². The number of carbonyl (C=O) groups is 1. The Morgan fingerprint density at radius 3 is 2.44 bits per heavy atom. The van der Waals surface area contributed by atoms with Gasteiger partial charge in [0.15, 0.2) is 0 Å². The Morgan fingerprint density at radius 2 is 2.00 bits per heavy atom. The molecule has 94 valence electrons. The van der Waals surface area contributed by atoms with Crippen LogP contribution >= 0.6 is 0 Å². The molecule has 16 heavy (non-hydrogen) atoms. The van der Waals surface area contributed by atoms with Gasteiger partial charge in [0.25, 0.3) is 0 Å². The van der Waals surface area contributed by atoms with Crippen molar-refractivity contribution in [2.24, 2.45) is 5.73 Å². The molecule has 0 saturated heterocycles. The van der Waals surface area contributed by atoms with Crippen molar-refractivity contribution in [2.45, 2.75) is 64.1 Å². The zero-order valence-electron chi connectivity index (χ0n) is 10.4. The van der Waals surface area contributed by atoms with Gasteiger partial charge in [0.2, 0.25) is 0 Å². The topological polar surface area (TPSA) is 66.6 Å². The minimum absolute atomic E-state index is 0.319. The Hall–Kier alpha value is -0.610. The maximum Gasteiger partial charge on any atom is 0.320 e. The average molecular weight is 228 g/mol. The molecule has 0 bridgehead atoms. The smallest absolute Gasteiger partial charge is 0.320 e. The third-order valence-corrected chi connectivity index (χ3v) is 3.55. The second-order valence-electron chi connectivity index (χ2n) is 4.82. The van der Waals surface area contributed by atoms with Crippen LogP contribution in [0, 0.1) is 0 Å². The molecular weight excluding hydrogens is 204 g/mol. The predicted molar refractivity (Wildman–Crippen MR) is 64.3 cm³/mol. The van der Waals surface area contributed by atoms with Crippen LogP contribution in [-0.2, 0) is 4.79 Å². The average Bonchev–Trinajstić information content (AvgIpc) is 2.26. The van der Waals surface area contributed by atoms with Gasteiger partial charge in [-0.3, -0.25) is 9.69 Å². The van der Waals surface area contributed by atoms with E-state index in [1.807, 2.05) is 0 Å². The van der Waals surface area contributed by atoms with Crippen LogP contribution in [0.3, 0.4) is 0 Å². The van der Waals surface area contributed by atoms with Crippen molar-refractivity contribution in [3.8, 4) is 0 Å². The Labute approximate surface area is 97.8 Å². The SMILES string of the molecule is CCCN(C1CCC(N)CC1)C(C)C(=O)O. The molecule has 0 aromatic rings. The zero-order chi connectivity index (χ0) is 12.1. The highest BCUT2D eigenvalue weighted by atomic mass is 16.4. The molecule has 0 radical (unpaired) electrons. The molecule has 3 N–H and O–H groups in total. The lowest BCUT2D eigenvalue weighted by atomic mass is 9.90. The zero-order valence-corrected chi connectivity index (χ0v) is 10.4. The van der Waals surface area contributed by atoms with Gasteiger partial charge in [0, 0.05) is 12.1 Å². The van der Waals surface area contributed by atoms with E-state index in [9.17, 15) is 4.79 Å². The molecule has 1 rings (SSSR count). The van der Waals surface area contributed by atoms with Gasteiger partial charge in [-0.2, -0.15) is 0 Å². The maximum absolute atomic E-state index is 11.1. The van der Waals surface area contributed by atoms with Crippen molar-refractivity contribution in [3.63, 3.8) is 0 Å². The number of carboxylic acids is 1. The molecule has 0 spiro atoms. The van der Waals surface area contributed by atoms with Crippen LogP contribution in [0.15, 0.2) is 0 Å². The number of aliphatic carboxylic acids is 1. The first kappa shape index (κ1) is 13.5. The second kappa shape index (κ2) is 6.21. The van der Waals surface area contributed by atoms with Crippen molar-refractivity contribution in [3.05, 3.63) is 0 Å². The summed E-state index contributed by atoms with van der Waals surface area (Å²) >= 11 is 0. The van der Waals surface area contributed by atoms with Crippen molar-refractivity contribution >= 4 is 5.97 Å². The standard InChI is InChI=1S/C12H24N2O2/c1-3-8-14(9(2)12(15)16)11-6-4-10(13)5-7-11/h9-11H,3-8,13H2,1-2H3,(H,15,16). The van der Waals surface area contributed by atoms with E-state index in [1.165, 1.54) is 0 Å². The van der Waals surface area contributed by atoms with Gasteiger partial charge < -0.3 is 10.8 Å². The summed E-state index contributed by atoms with van der Waals surface area (Å²) in [5, 5.41) is 9.10. The van der Waals surface area contributed by atoms with Gasteiger partial charge >= 0.3 is 5.97 Å². The summed E-state index contributed by atoms with van der Waals surface area (Å²) in [6, 6.07) is 0.352. The van der Waals surface area contributed by atoms with Gasteiger partial charge in [-0.25, -0.2) is 0 Å². The molecule has 0 heterocycles. The molecule has 4 heteroatoms. The third kappa shape index (κ3) is 3.46. The van der Waals surface area contributed by atoms with E-state index in [0.717, 1.165) is 38.6 Å². The highest BCUT2D eigenvalue weighted by Crippen LogP contribution is 2.24. The molecule has 1 saturated carbocycles. The fourth-order valence-corrected chi connectivity index (χ4v) is 2.53. The quantitative estimate of drug-likeness (QED) is 0.747. The van der Waals surface area contributed by atoms with Crippen LogP contribution in [0.1, 0.15) is 46.0 Å². The summed E-state index contributed by atoms with van der Waals surface area (Å²) in [6.07, 6.45) is 5.13. The lowest BCUT2D eigenvalue weighted by Gasteiger charge is -2.38. The largest absolute Gasteiger partial charge is 0.480 e. The van der Waals surface area contributed by atoms with Gasteiger partial charge in [-0.1, -0.05) is 6.92 Å². The monoisotopic (exact) mass is 228 g/mol. The van der Waals surface area contributed by atoms with E-state index in [0.29, 0.717) is 12.1 Å². The number of carboxylic acid groups (broad SMARTS) is 1. The highest BCUT2D eigenvalue weighted by Gasteiger charge is 2.29. The number of hydrogen-bond donors (Lipinski definition) is 2. The summed E-state index contributed by atoms with van der Waals surface area (Å²) in [5.41, 5.74) is 5.87. The van der Waals surface area contributed by atoms with E-state index in [1.54, 1.807) is 6.92 Å². The Balaban J connectivity index is 2.58. The minimum Gasteiger partial charge on any atom is -0.480 e. The van der Waals surface area contributed by atoms with Crippen molar-refractivity contribution in [1.82, 2.24) is 4.90 Å². The summed E-state index contributed by atoms with van der Waals surface area (Å²) in [7, 11) is 0. The highest BCUT2D eigenvalue weighted by molar-refractivity contribution is 5.72. The van der Waals surface area contributed by atoms with Gasteiger partial charge in [0.05, 0.1) is 0 Å². The van der Waals surface area contributed by atoms with Crippen LogP contribution in [0.25, 0.3) is 0 Å². The summed E-state index contributed by atoms with van der Waals surface area (Å²) in [4.78, 5) is 13.2. The molecule has 0 aromatic carbocycles. The predicted octanol–water partition coefficient (Wildman–Crippen LogP) is 1.44. The Morgan fingerprint density at radius 1 is 1.44 bits per heavy atom. The second-order valence-corrected chi connectivity index (χ2v) is 4.82. The first-order chi connectivity index (χ1) is 7.56.